The lowest BCUT2D eigenvalue weighted by molar-refractivity contribution is -0.908. The Kier molecular flexibility index (Phi) is 6.39. The van der Waals surface area contributed by atoms with Crippen molar-refractivity contribution in [3.8, 4) is 0 Å². The number of quaternary nitrogens is 1. The zero-order chi connectivity index (χ0) is 21.8. The minimum Gasteiger partial charge on any atom is -0.507 e. The van der Waals surface area contributed by atoms with E-state index in [1.807, 2.05) is 0 Å². The second kappa shape index (κ2) is 9.36. The van der Waals surface area contributed by atoms with Crippen molar-refractivity contribution in [2.24, 2.45) is 0 Å². The van der Waals surface area contributed by atoms with Crippen LogP contribution in [0.4, 0.5) is 4.39 Å². The van der Waals surface area contributed by atoms with E-state index in [1.165, 1.54) is 34.1 Å². The van der Waals surface area contributed by atoms with Gasteiger partial charge in [0.1, 0.15) is 24.7 Å². The third-order valence-electron chi connectivity index (χ3n) is 5.79. The summed E-state index contributed by atoms with van der Waals surface area (Å²) in [6.07, 6.45) is 3.92. The van der Waals surface area contributed by atoms with Crippen LogP contribution in [0.3, 0.4) is 0 Å². The molecule has 31 heavy (non-hydrogen) atoms. The smallest absolute Gasteiger partial charge is 0.295 e. The zero-order valence-corrected chi connectivity index (χ0v) is 17.1. The highest BCUT2D eigenvalue weighted by molar-refractivity contribution is 6.46. The summed E-state index contributed by atoms with van der Waals surface area (Å²) in [7, 11) is 0. The molecule has 7 nitrogen and oxygen atoms in total. The lowest BCUT2D eigenvalue weighted by atomic mass is 9.96. The van der Waals surface area contributed by atoms with Gasteiger partial charge in [-0.1, -0.05) is 6.07 Å². The number of ketones is 1. The maximum atomic E-state index is 13.3. The average molecular weight is 426 g/mol. The number of carbonyl (C=O) groups excluding carboxylic acids is 2. The monoisotopic (exact) mass is 426 g/mol. The maximum absolute atomic E-state index is 13.3. The molecule has 2 fully saturated rings. The van der Waals surface area contributed by atoms with Crippen LogP contribution in [-0.4, -0.2) is 66.1 Å². The van der Waals surface area contributed by atoms with E-state index in [0.29, 0.717) is 12.1 Å². The van der Waals surface area contributed by atoms with Gasteiger partial charge in [0, 0.05) is 30.9 Å². The molecule has 2 aliphatic rings. The Morgan fingerprint density at radius 2 is 1.94 bits per heavy atom. The van der Waals surface area contributed by atoms with Gasteiger partial charge in [0.15, 0.2) is 0 Å². The molecule has 4 rings (SSSR count). The van der Waals surface area contributed by atoms with E-state index in [4.69, 9.17) is 4.74 Å². The maximum Gasteiger partial charge on any atom is 0.295 e. The number of aliphatic hydroxyl groups is 1. The van der Waals surface area contributed by atoms with Crippen molar-refractivity contribution in [1.82, 2.24) is 9.88 Å². The van der Waals surface area contributed by atoms with Gasteiger partial charge in [-0.15, -0.1) is 0 Å². The second-order valence-corrected chi connectivity index (χ2v) is 7.75. The van der Waals surface area contributed by atoms with Gasteiger partial charge >= 0.3 is 0 Å². The van der Waals surface area contributed by atoms with E-state index in [2.05, 4.69) is 4.98 Å². The number of pyridine rings is 1. The number of benzene rings is 1. The molecule has 8 heteroatoms. The third kappa shape index (κ3) is 4.50. The molecule has 162 valence electrons. The molecule has 0 bridgehead atoms. The van der Waals surface area contributed by atoms with E-state index in [-0.39, 0.29) is 16.9 Å². The van der Waals surface area contributed by atoms with Crippen LogP contribution < -0.4 is 4.90 Å². The van der Waals surface area contributed by atoms with Crippen LogP contribution in [0.15, 0.2) is 54.4 Å². The summed E-state index contributed by atoms with van der Waals surface area (Å²) >= 11 is 0. The average Bonchev–Trinajstić information content (AvgIpc) is 3.05. The predicted octanol–water partition coefficient (Wildman–Crippen LogP) is 0.948. The molecule has 0 radical (unpaired) electrons. The largest absolute Gasteiger partial charge is 0.507 e. The van der Waals surface area contributed by atoms with Gasteiger partial charge in [-0.25, -0.2) is 4.39 Å². The Bertz CT molecular complexity index is 972. The van der Waals surface area contributed by atoms with Crippen LogP contribution in [0, 0.1) is 5.82 Å². The van der Waals surface area contributed by atoms with Crippen molar-refractivity contribution < 1.29 is 28.7 Å². The molecule has 1 atom stereocenters. The fourth-order valence-electron chi connectivity index (χ4n) is 4.17. The fourth-order valence-corrected chi connectivity index (χ4v) is 4.17. The van der Waals surface area contributed by atoms with Gasteiger partial charge in [0.05, 0.1) is 31.4 Å². The highest BCUT2D eigenvalue weighted by atomic mass is 19.1. The Hall–Kier alpha value is -3.10. The minimum absolute atomic E-state index is 0.00308. The highest BCUT2D eigenvalue weighted by Gasteiger charge is 2.46. The van der Waals surface area contributed by atoms with Crippen LogP contribution in [-0.2, 0) is 14.3 Å². The lowest BCUT2D eigenvalue weighted by Crippen LogP contribution is -3.14. The Morgan fingerprint density at radius 3 is 2.61 bits per heavy atom. The van der Waals surface area contributed by atoms with Crippen molar-refractivity contribution in [1.29, 1.82) is 0 Å². The summed E-state index contributed by atoms with van der Waals surface area (Å²) in [5.41, 5.74) is 0.929. The fraction of sp³-hybridized carbons (Fsp3) is 0.348. The number of aliphatic hydroxyl groups excluding tert-OH is 1. The van der Waals surface area contributed by atoms with E-state index in [0.717, 1.165) is 39.3 Å². The summed E-state index contributed by atoms with van der Waals surface area (Å²) in [6, 6.07) is 7.95. The van der Waals surface area contributed by atoms with E-state index < -0.39 is 23.5 Å². The van der Waals surface area contributed by atoms with Crippen LogP contribution >= 0.6 is 0 Å². The first-order chi connectivity index (χ1) is 15.1. The third-order valence-corrected chi connectivity index (χ3v) is 5.79. The number of halogens is 1. The summed E-state index contributed by atoms with van der Waals surface area (Å²) < 4.78 is 18.7. The SMILES string of the molecule is O=C1C(=O)N(CCC[NH+]2CCOCC2)[C@@H](c2cccnc2)C1=C(O)c1ccc(F)cc1. The summed E-state index contributed by atoms with van der Waals surface area (Å²) in [5.74, 6) is -2.15. The predicted molar refractivity (Wildman–Crippen MR) is 111 cm³/mol. The standard InChI is InChI=1S/C23H24FN3O4/c24-18-6-4-16(5-7-18)21(28)19-20(17-3-1-8-25-15-17)27(23(30)22(19)29)10-2-9-26-11-13-31-14-12-26/h1,3-8,15,20,28H,2,9-14H2/p+1/t20-/m0/s1. The molecule has 2 saturated heterocycles. The first kappa shape index (κ1) is 21.1. The molecule has 2 aliphatic heterocycles. The summed E-state index contributed by atoms with van der Waals surface area (Å²) in [4.78, 5) is 32.9. The Morgan fingerprint density at radius 1 is 1.19 bits per heavy atom. The number of nitrogens with one attached hydrogen (secondary N) is 1. The number of hydrogen-bond donors (Lipinski definition) is 2. The number of aromatic nitrogens is 1. The zero-order valence-electron chi connectivity index (χ0n) is 17.1. The van der Waals surface area contributed by atoms with Crippen molar-refractivity contribution in [2.45, 2.75) is 12.5 Å². The number of morpholine rings is 1. The number of Topliss-reactive ketones (excluding diaryl/α,β-unsaturated/α-hetero) is 1. The molecular formula is C23H25FN3O4+. The van der Waals surface area contributed by atoms with Crippen LogP contribution in [0.25, 0.3) is 5.76 Å². The van der Waals surface area contributed by atoms with Crippen LogP contribution in [0.1, 0.15) is 23.6 Å². The van der Waals surface area contributed by atoms with E-state index >= 15 is 0 Å². The van der Waals surface area contributed by atoms with E-state index in [9.17, 15) is 19.1 Å². The van der Waals surface area contributed by atoms with Crippen LogP contribution in [0.5, 0.6) is 0 Å². The number of nitrogens with zero attached hydrogens (tertiary/aromatic N) is 2. The summed E-state index contributed by atoms with van der Waals surface area (Å²) in [6.45, 7) is 4.56. The molecule has 3 heterocycles. The lowest BCUT2D eigenvalue weighted by Gasteiger charge is -2.27. The van der Waals surface area contributed by atoms with Gasteiger partial charge in [0.2, 0.25) is 0 Å². The molecule has 0 saturated carbocycles. The van der Waals surface area contributed by atoms with Crippen molar-refractivity contribution in [2.75, 3.05) is 39.4 Å². The normalized spacial score (nSPS) is 21.6. The molecule has 2 aromatic rings. The van der Waals surface area contributed by atoms with E-state index in [1.54, 1.807) is 24.5 Å². The number of hydrogen-bond acceptors (Lipinski definition) is 5. The number of ether oxygens (including phenoxy) is 1. The molecule has 1 amide bonds. The van der Waals surface area contributed by atoms with Crippen molar-refractivity contribution >= 4 is 17.4 Å². The Balaban J connectivity index is 1.64. The molecule has 0 aliphatic carbocycles. The number of carbonyl (C=O) groups is 2. The number of amides is 1. The molecule has 1 aromatic heterocycles. The highest BCUT2D eigenvalue weighted by Crippen LogP contribution is 2.39. The number of rotatable bonds is 6. The first-order valence-electron chi connectivity index (χ1n) is 10.4. The Labute approximate surface area is 179 Å². The molecule has 0 spiro atoms. The van der Waals surface area contributed by atoms with Gasteiger partial charge < -0.3 is 19.6 Å². The molecular weight excluding hydrogens is 401 g/mol. The van der Waals surface area contributed by atoms with Crippen molar-refractivity contribution in [3.63, 3.8) is 0 Å². The van der Waals surface area contributed by atoms with Crippen LogP contribution in [0.2, 0.25) is 0 Å². The molecule has 0 unspecified atom stereocenters. The molecule has 2 N–H and O–H groups in total. The number of likely N-dealkylation sites (tertiary alicyclic amines) is 1. The topological polar surface area (TPSA) is 84.2 Å². The van der Waals surface area contributed by atoms with Gasteiger partial charge in [-0.05, 0) is 35.9 Å². The van der Waals surface area contributed by atoms with Gasteiger partial charge in [0.25, 0.3) is 11.7 Å². The van der Waals surface area contributed by atoms with Gasteiger partial charge in [-0.2, -0.15) is 0 Å². The second-order valence-electron chi connectivity index (χ2n) is 7.75. The first-order valence-corrected chi connectivity index (χ1v) is 10.4. The summed E-state index contributed by atoms with van der Waals surface area (Å²) in [5, 5.41) is 10.9. The van der Waals surface area contributed by atoms with Crippen molar-refractivity contribution in [3.05, 3.63) is 71.3 Å². The minimum atomic E-state index is -0.741. The quantitative estimate of drug-likeness (QED) is 0.408. The van der Waals surface area contributed by atoms with Gasteiger partial charge in [-0.3, -0.25) is 14.6 Å². The molecule has 1 aromatic carbocycles.